The van der Waals surface area contributed by atoms with Gasteiger partial charge in [0.1, 0.15) is 5.41 Å². The summed E-state index contributed by atoms with van der Waals surface area (Å²) in [6.07, 6.45) is 5.43. The van der Waals surface area contributed by atoms with E-state index < -0.39 is 5.41 Å². The first-order valence-corrected chi connectivity index (χ1v) is 7.34. The fraction of sp³-hybridized carbons (Fsp3) is 0.875. The Kier molecular flexibility index (Phi) is 4.66. The normalized spacial score (nSPS) is 19.6. The molecule has 1 N–H and O–H groups in total. The Morgan fingerprint density at radius 2 is 1.68 bits per heavy atom. The van der Waals surface area contributed by atoms with Gasteiger partial charge < -0.3 is 5.32 Å². The fourth-order valence-electron chi connectivity index (χ4n) is 3.34. The number of hydrogen-bond donors (Lipinski definition) is 1. The highest BCUT2D eigenvalue weighted by molar-refractivity contribution is 5.86. The number of amides is 1. The molecule has 1 aliphatic rings. The first kappa shape index (κ1) is 16.0. The minimum Gasteiger partial charge on any atom is -0.350 e. The number of nitriles is 1. The van der Waals surface area contributed by atoms with Crippen LogP contribution >= 0.6 is 0 Å². The van der Waals surface area contributed by atoms with Crippen molar-refractivity contribution in [2.24, 2.45) is 10.8 Å². The molecular weight excluding hydrogens is 236 g/mol. The van der Waals surface area contributed by atoms with Crippen LogP contribution in [0.3, 0.4) is 0 Å². The third-order valence-electron chi connectivity index (χ3n) is 3.78. The molecule has 1 aliphatic carbocycles. The smallest absolute Gasteiger partial charge is 0.240 e. The van der Waals surface area contributed by atoms with Crippen LogP contribution in [0, 0.1) is 22.2 Å². The van der Waals surface area contributed by atoms with Gasteiger partial charge in [0, 0.05) is 5.54 Å². The van der Waals surface area contributed by atoms with Crippen molar-refractivity contribution in [3.63, 3.8) is 0 Å². The van der Waals surface area contributed by atoms with E-state index in [-0.39, 0.29) is 16.9 Å². The first-order valence-electron chi connectivity index (χ1n) is 7.34. The van der Waals surface area contributed by atoms with Gasteiger partial charge in [-0.2, -0.15) is 5.26 Å². The number of carbonyl (C=O) groups excluding carboxylic acids is 1. The summed E-state index contributed by atoms with van der Waals surface area (Å²) in [6.45, 7) is 10.6. The molecular formula is C16H28N2O. The summed E-state index contributed by atoms with van der Waals surface area (Å²) in [5.74, 6) is -0.0658. The van der Waals surface area contributed by atoms with Gasteiger partial charge in [-0.05, 0) is 38.5 Å². The first-order chi connectivity index (χ1) is 8.60. The minimum atomic E-state index is -0.784. The van der Waals surface area contributed by atoms with E-state index in [1.807, 2.05) is 13.8 Å². The lowest BCUT2D eigenvalue weighted by atomic mass is 9.73. The minimum absolute atomic E-state index is 0.0658. The van der Waals surface area contributed by atoms with Gasteiger partial charge in [-0.3, -0.25) is 4.79 Å². The molecule has 0 aliphatic heterocycles. The maximum atomic E-state index is 12.5. The summed E-state index contributed by atoms with van der Waals surface area (Å²) < 4.78 is 0. The zero-order valence-electron chi connectivity index (χ0n) is 13.1. The molecule has 0 unspecified atom stereocenters. The highest BCUT2D eigenvalue weighted by Crippen LogP contribution is 2.37. The second-order valence-corrected chi connectivity index (χ2v) is 7.83. The van der Waals surface area contributed by atoms with Crippen LogP contribution in [-0.4, -0.2) is 11.4 Å². The summed E-state index contributed by atoms with van der Waals surface area (Å²) >= 11 is 0. The standard InChI is InChI=1S/C16H28N2O/c1-14(2,3)11-15(4,5)18-13(19)16(12-17)9-7-6-8-10-16/h6-11H2,1-5H3,(H,18,19). The van der Waals surface area contributed by atoms with Crippen molar-refractivity contribution in [2.75, 3.05) is 0 Å². The van der Waals surface area contributed by atoms with Crippen LogP contribution in [0.15, 0.2) is 0 Å². The van der Waals surface area contributed by atoms with Gasteiger partial charge in [0.05, 0.1) is 6.07 Å². The second kappa shape index (κ2) is 5.53. The van der Waals surface area contributed by atoms with Crippen molar-refractivity contribution < 1.29 is 4.79 Å². The molecule has 0 atom stereocenters. The van der Waals surface area contributed by atoms with Gasteiger partial charge in [-0.1, -0.05) is 40.0 Å². The third-order valence-corrected chi connectivity index (χ3v) is 3.78. The molecule has 108 valence electrons. The molecule has 0 aromatic carbocycles. The van der Waals surface area contributed by atoms with Gasteiger partial charge in [-0.25, -0.2) is 0 Å². The Morgan fingerprint density at radius 3 is 2.11 bits per heavy atom. The summed E-state index contributed by atoms with van der Waals surface area (Å²) in [4.78, 5) is 12.5. The lowest BCUT2D eigenvalue weighted by molar-refractivity contribution is -0.131. The van der Waals surface area contributed by atoms with Crippen LogP contribution in [0.4, 0.5) is 0 Å². The molecule has 1 fully saturated rings. The Hall–Kier alpha value is -1.04. The molecule has 0 aromatic rings. The SMILES string of the molecule is CC(C)(C)CC(C)(C)NC(=O)C1(C#N)CCCCC1. The van der Waals surface area contributed by atoms with E-state index in [2.05, 4.69) is 32.2 Å². The van der Waals surface area contributed by atoms with Gasteiger partial charge in [-0.15, -0.1) is 0 Å². The molecule has 3 nitrogen and oxygen atoms in total. The van der Waals surface area contributed by atoms with E-state index in [4.69, 9.17) is 0 Å². The summed E-state index contributed by atoms with van der Waals surface area (Å²) in [5, 5.41) is 12.5. The number of nitrogens with one attached hydrogen (secondary N) is 1. The molecule has 0 heterocycles. The van der Waals surface area contributed by atoms with Gasteiger partial charge in [0.25, 0.3) is 0 Å². The molecule has 1 saturated carbocycles. The van der Waals surface area contributed by atoms with Crippen LogP contribution in [-0.2, 0) is 4.79 Å². The Labute approximate surface area is 117 Å². The van der Waals surface area contributed by atoms with Crippen molar-refractivity contribution >= 4 is 5.91 Å². The third kappa shape index (κ3) is 4.53. The van der Waals surface area contributed by atoms with Crippen molar-refractivity contribution in [3.05, 3.63) is 0 Å². The largest absolute Gasteiger partial charge is 0.350 e. The topological polar surface area (TPSA) is 52.9 Å². The van der Waals surface area contributed by atoms with Crippen molar-refractivity contribution in [1.29, 1.82) is 5.26 Å². The summed E-state index contributed by atoms with van der Waals surface area (Å²) in [5.41, 5.74) is -0.896. The lowest BCUT2D eigenvalue weighted by Gasteiger charge is -2.37. The van der Waals surface area contributed by atoms with E-state index in [1.54, 1.807) is 0 Å². The zero-order valence-corrected chi connectivity index (χ0v) is 13.1. The summed E-state index contributed by atoms with van der Waals surface area (Å²) in [7, 11) is 0. The Balaban J connectivity index is 2.75. The van der Waals surface area contributed by atoms with Gasteiger partial charge in [0.15, 0.2) is 0 Å². The monoisotopic (exact) mass is 264 g/mol. The lowest BCUT2D eigenvalue weighted by Crippen LogP contribution is -2.52. The highest BCUT2D eigenvalue weighted by atomic mass is 16.2. The van der Waals surface area contributed by atoms with E-state index in [0.29, 0.717) is 12.8 Å². The molecule has 1 rings (SSSR count). The molecule has 1 amide bonds. The average Bonchev–Trinajstić information content (AvgIpc) is 2.25. The van der Waals surface area contributed by atoms with Crippen LogP contribution in [0.2, 0.25) is 0 Å². The van der Waals surface area contributed by atoms with Crippen LogP contribution in [0.25, 0.3) is 0 Å². The van der Waals surface area contributed by atoms with Crippen molar-refractivity contribution in [1.82, 2.24) is 5.32 Å². The highest BCUT2D eigenvalue weighted by Gasteiger charge is 2.42. The molecule has 0 saturated heterocycles. The van der Waals surface area contributed by atoms with Gasteiger partial charge >= 0.3 is 0 Å². The van der Waals surface area contributed by atoms with Crippen molar-refractivity contribution in [2.45, 2.75) is 78.7 Å². The molecule has 19 heavy (non-hydrogen) atoms. The van der Waals surface area contributed by atoms with E-state index in [1.165, 1.54) is 0 Å². The Bertz CT molecular complexity index is 365. The molecule has 0 aromatic heterocycles. The zero-order chi connectivity index (χ0) is 14.7. The van der Waals surface area contributed by atoms with Crippen molar-refractivity contribution in [3.8, 4) is 6.07 Å². The van der Waals surface area contributed by atoms with E-state index >= 15 is 0 Å². The van der Waals surface area contributed by atoms with Crippen LogP contribution in [0.5, 0.6) is 0 Å². The van der Waals surface area contributed by atoms with Crippen LogP contribution in [0.1, 0.15) is 73.1 Å². The quantitative estimate of drug-likeness (QED) is 0.843. The number of hydrogen-bond acceptors (Lipinski definition) is 2. The molecule has 0 spiro atoms. The molecule has 3 heteroatoms. The van der Waals surface area contributed by atoms with Crippen LogP contribution < -0.4 is 5.32 Å². The predicted molar refractivity (Wildman–Crippen MR) is 77.4 cm³/mol. The van der Waals surface area contributed by atoms with E-state index in [0.717, 1.165) is 25.7 Å². The maximum absolute atomic E-state index is 12.5. The maximum Gasteiger partial charge on any atom is 0.240 e. The molecule has 0 radical (unpaired) electrons. The fourth-order valence-corrected chi connectivity index (χ4v) is 3.34. The number of nitrogens with zero attached hydrogens (tertiary/aromatic N) is 1. The van der Waals surface area contributed by atoms with Gasteiger partial charge in [0.2, 0.25) is 5.91 Å². The number of carbonyl (C=O) groups is 1. The van der Waals surface area contributed by atoms with E-state index in [9.17, 15) is 10.1 Å². The Morgan fingerprint density at radius 1 is 1.16 bits per heavy atom. The summed E-state index contributed by atoms with van der Waals surface area (Å²) in [6, 6.07) is 2.29. The second-order valence-electron chi connectivity index (χ2n) is 7.83. The molecule has 0 bridgehead atoms. The number of rotatable bonds is 3. The predicted octanol–water partition coefficient (Wildman–Crippen LogP) is 3.79. The average molecular weight is 264 g/mol.